The van der Waals surface area contributed by atoms with Crippen LogP contribution < -0.4 is 11.2 Å². The van der Waals surface area contributed by atoms with E-state index in [1.165, 1.54) is 43.5 Å². The van der Waals surface area contributed by atoms with Gasteiger partial charge in [0.2, 0.25) is 0 Å². The lowest BCUT2D eigenvalue weighted by atomic mass is 9.95. The van der Waals surface area contributed by atoms with Crippen molar-refractivity contribution in [1.82, 2.24) is 9.99 Å². The Morgan fingerprint density at radius 3 is 2.74 bits per heavy atom. The maximum Gasteiger partial charge on any atom is 0.184 e. The normalized spacial score (nSPS) is 16.9. The van der Waals surface area contributed by atoms with Crippen LogP contribution in [0.4, 0.5) is 0 Å². The first-order valence-electron chi connectivity index (χ1n) is 6.86. The number of hydrogen-bond acceptors (Lipinski definition) is 2. The zero-order valence-electron chi connectivity index (χ0n) is 11.6. The standard InChI is InChI=1S/C14H22N4S/c1-10-8-12(9-16-17-14(15)19)11(2)18(10)13-6-4-3-5-7-13/h8-9,13H,3-7H2,1-2H3,(H3,15,17,19)/b16-9+. The fourth-order valence-corrected chi connectivity index (χ4v) is 3.05. The van der Waals surface area contributed by atoms with Crippen molar-refractivity contribution in [1.29, 1.82) is 0 Å². The van der Waals surface area contributed by atoms with E-state index in [9.17, 15) is 0 Å². The summed E-state index contributed by atoms with van der Waals surface area (Å²) < 4.78 is 2.46. The van der Waals surface area contributed by atoms with Gasteiger partial charge < -0.3 is 10.3 Å². The van der Waals surface area contributed by atoms with Crippen LogP contribution in [0, 0.1) is 13.8 Å². The maximum absolute atomic E-state index is 5.35. The van der Waals surface area contributed by atoms with Gasteiger partial charge in [0.05, 0.1) is 6.21 Å². The second-order valence-electron chi connectivity index (χ2n) is 5.22. The first-order valence-corrected chi connectivity index (χ1v) is 7.27. The van der Waals surface area contributed by atoms with E-state index in [0.29, 0.717) is 6.04 Å². The average Bonchev–Trinajstić information content (AvgIpc) is 2.65. The summed E-state index contributed by atoms with van der Waals surface area (Å²) in [7, 11) is 0. The molecule has 0 spiro atoms. The average molecular weight is 278 g/mol. The Kier molecular flexibility index (Phi) is 4.58. The fraction of sp³-hybridized carbons (Fsp3) is 0.571. The highest BCUT2D eigenvalue weighted by atomic mass is 32.1. The SMILES string of the molecule is Cc1cc(/C=N/NC(N)=S)c(C)n1C1CCCCC1. The second kappa shape index (κ2) is 6.19. The molecule has 0 saturated heterocycles. The molecule has 0 bridgehead atoms. The van der Waals surface area contributed by atoms with Crippen LogP contribution in [-0.2, 0) is 0 Å². The molecule has 0 radical (unpaired) electrons. The second-order valence-corrected chi connectivity index (χ2v) is 5.66. The van der Waals surface area contributed by atoms with Gasteiger partial charge in [0, 0.05) is 23.0 Å². The number of hydrazone groups is 1. The molecule has 4 nitrogen and oxygen atoms in total. The molecule has 2 rings (SSSR count). The van der Waals surface area contributed by atoms with Gasteiger partial charge in [-0.25, -0.2) is 0 Å². The number of aryl methyl sites for hydroxylation is 1. The zero-order chi connectivity index (χ0) is 13.8. The number of rotatable bonds is 3. The van der Waals surface area contributed by atoms with Gasteiger partial charge >= 0.3 is 0 Å². The number of thiocarbonyl (C=S) groups is 1. The summed E-state index contributed by atoms with van der Waals surface area (Å²) in [4.78, 5) is 0. The Hall–Kier alpha value is -1.36. The van der Waals surface area contributed by atoms with Crippen molar-refractivity contribution < 1.29 is 0 Å². The van der Waals surface area contributed by atoms with E-state index in [1.54, 1.807) is 6.21 Å². The molecule has 3 N–H and O–H groups in total. The fourth-order valence-electron chi connectivity index (χ4n) is 3.00. The monoisotopic (exact) mass is 278 g/mol. The highest BCUT2D eigenvalue weighted by Gasteiger charge is 2.19. The molecule has 104 valence electrons. The third kappa shape index (κ3) is 3.35. The number of nitrogens with one attached hydrogen (secondary N) is 1. The van der Waals surface area contributed by atoms with E-state index >= 15 is 0 Å². The van der Waals surface area contributed by atoms with Crippen LogP contribution in [0.15, 0.2) is 11.2 Å². The molecule has 0 amide bonds. The largest absolute Gasteiger partial charge is 0.375 e. The molecule has 0 atom stereocenters. The van der Waals surface area contributed by atoms with Crippen LogP contribution in [0.5, 0.6) is 0 Å². The molecule has 1 heterocycles. The van der Waals surface area contributed by atoms with E-state index in [4.69, 9.17) is 18.0 Å². The Balaban J connectivity index is 2.18. The molecule has 0 aliphatic heterocycles. The lowest BCUT2D eigenvalue weighted by molar-refractivity contribution is 0.346. The Morgan fingerprint density at radius 2 is 2.11 bits per heavy atom. The predicted molar refractivity (Wildman–Crippen MR) is 83.5 cm³/mol. The molecule has 5 heteroatoms. The molecule has 19 heavy (non-hydrogen) atoms. The molecule has 1 aliphatic carbocycles. The van der Waals surface area contributed by atoms with Gasteiger partial charge in [0.15, 0.2) is 5.11 Å². The van der Waals surface area contributed by atoms with E-state index < -0.39 is 0 Å². The minimum atomic E-state index is 0.192. The Bertz CT molecular complexity index is 484. The van der Waals surface area contributed by atoms with Crippen LogP contribution in [0.2, 0.25) is 0 Å². The zero-order valence-corrected chi connectivity index (χ0v) is 12.5. The minimum Gasteiger partial charge on any atom is -0.375 e. The smallest absolute Gasteiger partial charge is 0.184 e. The van der Waals surface area contributed by atoms with Crippen LogP contribution in [-0.4, -0.2) is 15.9 Å². The van der Waals surface area contributed by atoms with Gasteiger partial charge in [-0.15, -0.1) is 0 Å². The van der Waals surface area contributed by atoms with Gasteiger partial charge in [-0.3, -0.25) is 5.43 Å². The third-order valence-electron chi connectivity index (χ3n) is 3.84. The molecule has 1 aromatic rings. The van der Waals surface area contributed by atoms with Gasteiger partial charge in [0.1, 0.15) is 0 Å². The quantitative estimate of drug-likeness (QED) is 0.508. The summed E-state index contributed by atoms with van der Waals surface area (Å²) in [5, 5.41) is 4.24. The summed E-state index contributed by atoms with van der Waals surface area (Å²) in [6.07, 6.45) is 8.43. The summed E-state index contributed by atoms with van der Waals surface area (Å²) in [6.45, 7) is 4.32. The molecular formula is C14H22N4S. The van der Waals surface area contributed by atoms with E-state index in [2.05, 4.69) is 35.0 Å². The van der Waals surface area contributed by atoms with Gasteiger partial charge in [-0.05, 0) is 45.0 Å². The third-order valence-corrected chi connectivity index (χ3v) is 3.93. The van der Waals surface area contributed by atoms with E-state index in [-0.39, 0.29) is 5.11 Å². The molecular weight excluding hydrogens is 256 g/mol. The first-order chi connectivity index (χ1) is 9.09. The predicted octanol–water partition coefficient (Wildman–Crippen LogP) is 2.78. The van der Waals surface area contributed by atoms with E-state index in [1.807, 2.05) is 0 Å². The van der Waals surface area contributed by atoms with Crippen LogP contribution in [0.3, 0.4) is 0 Å². The lowest BCUT2D eigenvalue weighted by Gasteiger charge is -2.26. The van der Waals surface area contributed by atoms with Crippen molar-refractivity contribution in [2.24, 2.45) is 10.8 Å². The summed E-state index contributed by atoms with van der Waals surface area (Å²) in [5.41, 5.74) is 11.7. The number of nitrogens with two attached hydrogens (primary N) is 1. The van der Waals surface area contributed by atoms with Crippen LogP contribution >= 0.6 is 12.2 Å². The van der Waals surface area contributed by atoms with E-state index in [0.717, 1.165) is 5.56 Å². The lowest BCUT2D eigenvalue weighted by Crippen LogP contribution is -2.24. The summed E-state index contributed by atoms with van der Waals surface area (Å²) in [5.74, 6) is 0. The number of aromatic nitrogens is 1. The van der Waals surface area contributed by atoms with Crippen molar-refractivity contribution >= 4 is 23.5 Å². The van der Waals surface area contributed by atoms with Crippen molar-refractivity contribution in [3.8, 4) is 0 Å². The van der Waals surface area contributed by atoms with Crippen molar-refractivity contribution in [3.63, 3.8) is 0 Å². The maximum atomic E-state index is 5.35. The highest BCUT2D eigenvalue weighted by molar-refractivity contribution is 7.80. The summed E-state index contributed by atoms with van der Waals surface area (Å²) in [6, 6.07) is 2.83. The van der Waals surface area contributed by atoms with Gasteiger partial charge in [-0.2, -0.15) is 5.10 Å². The van der Waals surface area contributed by atoms with Gasteiger partial charge in [-0.1, -0.05) is 19.3 Å². The molecule has 0 aromatic carbocycles. The molecule has 1 aromatic heterocycles. The topological polar surface area (TPSA) is 55.3 Å². The highest BCUT2D eigenvalue weighted by Crippen LogP contribution is 2.31. The summed E-state index contributed by atoms with van der Waals surface area (Å²) >= 11 is 4.72. The van der Waals surface area contributed by atoms with Crippen LogP contribution in [0.25, 0.3) is 0 Å². The van der Waals surface area contributed by atoms with Crippen molar-refractivity contribution in [2.75, 3.05) is 0 Å². The number of hydrogen-bond donors (Lipinski definition) is 2. The molecule has 1 fully saturated rings. The number of nitrogens with zero attached hydrogens (tertiary/aromatic N) is 2. The molecule has 0 unspecified atom stereocenters. The first kappa shape index (κ1) is 14.1. The molecule has 1 saturated carbocycles. The van der Waals surface area contributed by atoms with Crippen molar-refractivity contribution in [2.45, 2.75) is 52.0 Å². The van der Waals surface area contributed by atoms with Crippen LogP contribution in [0.1, 0.15) is 55.1 Å². The Morgan fingerprint density at radius 1 is 1.42 bits per heavy atom. The Labute approximate surface area is 120 Å². The minimum absolute atomic E-state index is 0.192. The molecule has 1 aliphatic rings. The van der Waals surface area contributed by atoms with Crippen molar-refractivity contribution in [3.05, 3.63) is 23.0 Å². The van der Waals surface area contributed by atoms with Gasteiger partial charge in [0.25, 0.3) is 0 Å².